The predicted octanol–water partition coefficient (Wildman–Crippen LogP) is 2.31. The summed E-state index contributed by atoms with van der Waals surface area (Å²) in [4.78, 5) is 4.33. The minimum Gasteiger partial charge on any atom is -0.353 e. The van der Waals surface area contributed by atoms with Crippen molar-refractivity contribution in [2.45, 2.75) is 38.5 Å². The molecule has 1 fully saturated rings. The van der Waals surface area contributed by atoms with Crippen LogP contribution in [0.3, 0.4) is 0 Å². The molecule has 2 rings (SSSR count). The van der Waals surface area contributed by atoms with Gasteiger partial charge in [-0.3, -0.25) is 0 Å². The van der Waals surface area contributed by atoms with Gasteiger partial charge in [-0.15, -0.1) is 16.7 Å². The Morgan fingerprint density at radius 3 is 2.69 bits per heavy atom. The van der Waals surface area contributed by atoms with Crippen LogP contribution in [-0.2, 0) is 0 Å². The molecule has 5 heteroatoms. The second-order valence-corrected chi connectivity index (χ2v) is 4.95. The quantitative estimate of drug-likeness (QED) is 0.824. The second kappa shape index (κ2) is 4.95. The highest BCUT2D eigenvalue weighted by Gasteiger charge is 2.25. The van der Waals surface area contributed by atoms with Crippen LogP contribution < -0.4 is 5.32 Å². The molecule has 1 saturated carbocycles. The lowest BCUT2D eigenvalue weighted by molar-refractivity contribution is 0.583. The van der Waals surface area contributed by atoms with E-state index in [1.807, 2.05) is 13.8 Å². The number of nitrogens with one attached hydrogen (secondary N) is 1. The van der Waals surface area contributed by atoms with Crippen LogP contribution in [0, 0.1) is 19.8 Å². The van der Waals surface area contributed by atoms with E-state index < -0.39 is 0 Å². The fourth-order valence-electron chi connectivity index (χ4n) is 1.98. The Morgan fingerprint density at radius 2 is 2.06 bits per heavy atom. The van der Waals surface area contributed by atoms with Crippen LogP contribution in [0.1, 0.15) is 30.7 Å². The van der Waals surface area contributed by atoms with Crippen molar-refractivity contribution >= 4 is 17.5 Å². The van der Waals surface area contributed by atoms with Gasteiger partial charge in [-0.25, -0.2) is 4.98 Å². The lowest BCUT2D eigenvalue weighted by Gasteiger charge is -2.14. The zero-order chi connectivity index (χ0) is 11.5. The third kappa shape index (κ3) is 2.61. The summed E-state index contributed by atoms with van der Waals surface area (Å²) in [6, 6.07) is 0. The molecule has 0 saturated heterocycles. The van der Waals surface area contributed by atoms with Crippen molar-refractivity contribution in [1.29, 1.82) is 0 Å². The van der Waals surface area contributed by atoms with Crippen molar-refractivity contribution in [3.05, 3.63) is 11.4 Å². The number of nitrogens with zero attached hydrogens (tertiary/aromatic N) is 3. The lowest BCUT2D eigenvalue weighted by Crippen LogP contribution is -2.20. The highest BCUT2D eigenvalue weighted by molar-refractivity contribution is 6.20. The maximum atomic E-state index is 6.20. The van der Waals surface area contributed by atoms with Crippen molar-refractivity contribution in [3.63, 3.8) is 0 Å². The average molecular weight is 241 g/mol. The van der Waals surface area contributed by atoms with E-state index in [-0.39, 0.29) is 0 Å². The van der Waals surface area contributed by atoms with E-state index in [0.717, 1.165) is 24.4 Å². The minimum absolute atomic E-state index is 0.298. The molecule has 88 valence electrons. The summed E-state index contributed by atoms with van der Waals surface area (Å²) in [5.74, 6) is 1.14. The molecule has 4 nitrogen and oxygen atoms in total. The number of aryl methyl sites for hydroxylation is 2. The first kappa shape index (κ1) is 11.6. The molecule has 1 N–H and O–H groups in total. The SMILES string of the molecule is Cc1nnc(NCC2CCCC2Cl)nc1C. The van der Waals surface area contributed by atoms with Gasteiger partial charge in [0, 0.05) is 11.9 Å². The monoisotopic (exact) mass is 240 g/mol. The van der Waals surface area contributed by atoms with E-state index in [4.69, 9.17) is 11.6 Å². The molecule has 2 unspecified atom stereocenters. The standard InChI is InChI=1S/C11H17ClN4/c1-7-8(2)15-16-11(14-7)13-6-9-4-3-5-10(9)12/h9-10H,3-6H2,1-2H3,(H,13,14,16). The van der Waals surface area contributed by atoms with Crippen LogP contribution in [0.15, 0.2) is 0 Å². The maximum Gasteiger partial charge on any atom is 0.242 e. The van der Waals surface area contributed by atoms with E-state index in [0.29, 0.717) is 17.2 Å². The molecule has 1 aromatic rings. The van der Waals surface area contributed by atoms with Crippen molar-refractivity contribution in [2.24, 2.45) is 5.92 Å². The zero-order valence-corrected chi connectivity index (χ0v) is 10.5. The second-order valence-electron chi connectivity index (χ2n) is 4.39. The Hall–Kier alpha value is -0.900. The molecule has 1 heterocycles. The molecule has 2 atom stereocenters. The summed E-state index contributed by atoms with van der Waals surface area (Å²) in [7, 11) is 0. The Labute approximate surface area is 101 Å². The van der Waals surface area contributed by atoms with Gasteiger partial charge in [-0.05, 0) is 32.6 Å². The van der Waals surface area contributed by atoms with E-state index in [1.165, 1.54) is 12.8 Å². The van der Waals surface area contributed by atoms with Crippen LogP contribution in [0.5, 0.6) is 0 Å². The van der Waals surface area contributed by atoms with E-state index in [2.05, 4.69) is 20.5 Å². The van der Waals surface area contributed by atoms with Gasteiger partial charge in [-0.1, -0.05) is 6.42 Å². The van der Waals surface area contributed by atoms with Crippen molar-refractivity contribution < 1.29 is 0 Å². The molecule has 0 spiro atoms. The smallest absolute Gasteiger partial charge is 0.242 e. The van der Waals surface area contributed by atoms with E-state index in [1.54, 1.807) is 0 Å². The average Bonchev–Trinajstić information content (AvgIpc) is 2.66. The van der Waals surface area contributed by atoms with Gasteiger partial charge in [0.2, 0.25) is 5.95 Å². The summed E-state index contributed by atoms with van der Waals surface area (Å²) < 4.78 is 0. The van der Waals surface area contributed by atoms with Gasteiger partial charge < -0.3 is 5.32 Å². The predicted molar refractivity (Wildman–Crippen MR) is 64.8 cm³/mol. The van der Waals surface area contributed by atoms with Crippen LogP contribution in [0.2, 0.25) is 0 Å². The van der Waals surface area contributed by atoms with Crippen LogP contribution >= 0.6 is 11.6 Å². The number of alkyl halides is 1. The highest BCUT2D eigenvalue weighted by atomic mass is 35.5. The lowest BCUT2D eigenvalue weighted by atomic mass is 10.1. The number of aromatic nitrogens is 3. The van der Waals surface area contributed by atoms with E-state index >= 15 is 0 Å². The van der Waals surface area contributed by atoms with Gasteiger partial charge in [0.05, 0.1) is 11.4 Å². The number of anilines is 1. The fourth-order valence-corrected chi connectivity index (χ4v) is 2.35. The molecule has 0 aliphatic heterocycles. The topological polar surface area (TPSA) is 50.7 Å². The normalized spacial score (nSPS) is 24.7. The third-order valence-electron chi connectivity index (χ3n) is 3.18. The molecule has 1 aromatic heterocycles. The minimum atomic E-state index is 0.298. The van der Waals surface area contributed by atoms with Gasteiger partial charge in [-0.2, -0.15) is 5.10 Å². The molecule has 0 amide bonds. The Bertz CT molecular complexity index is 369. The van der Waals surface area contributed by atoms with Gasteiger partial charge in [0.15, 0.2) is 0 Å². The zero-order valence-electron chi connectivity index (χ0n) is 9.70. The highest BCUT2D eigenvalue weighted by Crippen LogP contribution is 2.29. The van der Waals surface area contributed by atoms with Crippen LogP contribution in [-0.4, -0.2) is 27.1 Å². The van der Waals surface area contributed by atoms with Gasteiger partial charge in [0.25, 0.3) is 0 Å². The molecular weight excluding hydrogens is 224 g/mol. The molecule has 0 bridgehead atoms. The van der Waals surface area contributed by atoms with Gasteiger partial charge >= 0.3 is 0 Å². The molecule has 0 aromatic carbocycles. The van der Waals surface area contributed by atoms with Crippen molar-refractivity contribution in [3.8, 4) is 0 Å². The molecule has 0 radical (unpaired) electrons. The number of rotatable bonds is 3. The largest absolute Gasteiger partial charge is 0.353 e. The first-order valence-electron chi connectivity index (χ1n) is 5.72. The van der Waals surface area contributed by atoms with Crippen LogP contribution in [0.25, 0.3) is 0 Å². The summed E-state index contributed by atoms with van der Waals surface area (Å²) in [5.41, 5.74) is 1.80. The van der Waals surface area contributed by atoms with Gasteiger partial charge in [0.1, 0.15) is 0 Å². The Kier molecular flexibility index (Phi) is 3.59. The van der Waals surface area contributed by atoms with Crippen LogP contribution in [0.4, 0.5) is 5.95 Å². The molecule has 1 aliphatic rings. The summed E-state index contributed by atoms with van der Waals surface area (Å²) in [5, 5.41) is 11.6. The first-order valence-corrected chi connectivity index (χ1v) is 6.16. The van der Waals surface area contributed by atoms with Crippen molar-refractivity contribution in [1.82, 2.24) is 15.2 Å². The Morgan fingerprint density at radius 1 is 1.25 bits per heavy atom. The fraction of sp³-hybridized carbons (Fsp3) is 0.727. The summed E-state index contributed by atoms with van der Waals surface area (Å²) >= 11 is 6.20. The molecular formula is C11H17ClN4. The number of hydrogen-bond donors (Lipinski definition) is 1. The number of halogens is 1. The number of hydrogen-bond acceptors (Lipinski definition) is 4. The molecule has 1 aliphatic carbocycles. The Balaban J connectivity index is 1.91. The first-order chi connectivity index (χ1) is 7.66. The van der Waals surface area contributed by atoms with E-state index in [9.17, 15) is 0 Å². The van der Waals surface area contributed by atoms with Crippen molar-refractivity contribution in [2.75, 3.05) is 11.9 Å². The summed E-state index contributed by atoms with van der Waals surface area (Å²) in [6.45, 7) is 4.69. The third-order valence-corrected chi connectivity index (χ3v) is 3.76. The maximum absolute atomic E-state index is 6.20. The summed E-state index contributed by atoms with van der Waals surface area (Å²) in [6.07, 6.45) is 3.55. The molecule has 16 heavy (non-hydrogen) atoms.